The monoisotopic (exact) mass is 610 g/mol. The van der Waals surface area contributed by atoms with Crippen LogP contribution in [-0.4, -0.2) is 35.6 Å². The molecule has 1 unspecified atom stereocenters. The minimum absolute atomic E-state index is 0.152. The molecular formula is C31H28Cl2N2O5S. The average molecular weight is 612 g/mol. The van der Waals surface area contributed by atoms with Crippen LogP contribution >= 0.6 is 23.2 Å². The van der Waals surface area contributed by atoms with Gasteiger partial charge in [-0.2, -0.15) is 0 Å². The van der Waals surface area contributed by atoms with Gasteiger partial charge in [-0.3, -0.25) is 9.10 Å². The van der Waals surface area contributed by atoms with E-state index >= 15 is 0 Å². The van der Waals surface area contributed by atoms with Gasteiger partial charge in [0.1, 0.15) is 16.9 Å². The molecule has 1 heterocycles. The third-order valence-corrected chi connectivity index (χ3v) is 9.90. The molecule has 7 nitrogen and oxygen atoms in total. The lowest BCUT2D eigenvalue weighted by molar-refractivity contribution is -0.121. The van der Waals surface area contributed by atoms with E-state index in [0.717, 1.165) is 5.56 Å². The molecule has 0 bridgehead atoms. The number of rotatable bonds is 8. The van der Waals surface area contributed by atoms with E-state index in [1.807, 2.05) is 12.1 Å². The van der Waals surface area contributed by atoms with E-state index in [0.29, 0.717) is 44.0 Å². The maximum absolute atomic E-state index is 14.4. The van der Waals surface area contributed by atoms with E-state index in [1.165, 1.54) is 23.5 Å². The van der Waals surface area contributed by atoms with Crippen molar-refractivity contribution in [3.05, 3.63) is 112 Å². The third-order valence-electron chi connectivity index (χ3n) is 7.54. The van der Waals surface area contributed by atoms with Crippen LogP contribution < -0.4 is 18.7 Å². The summed E-state index contributed by atoms with van der Waals surface area (Å²) in [7, 11) is 0.749. The van der Waals surface area contributed by atoms with E-state index in [1.54, 1.807) is 86.7 Å². The number of nitrogens with zero attached hydrogens (tertiary/aromatic N) is 2. The molecule has 41 heavy (non-hydrogen) atoms. The van der Waals surface area contributed by atoms with Crippen LogP contribution in [0.4, 0.5) is 11.4 Å². The zero-order valence-electron chi connectivity index (χ0n) is 22.9. The van der Waals surface area contributed by atoms with Gasteiger partial charge >= 0.3 is 0 Å². The molecule has 1 amide bonds. The molecule has 1 aliphatic rings. The Labute approximate surface area is 249 Å². The Morgan fingerprint density at radius 1 is 0.878 bits per heavy atom. The standard InChI is InChI=1S/C31H28Cl2N2O5S/c1-31(25-17-22(12-14-27(25)33)34(2)41(37,38)24-8-6-5-7-9-24)26-16-21(32)11-15-28(26)35(30(31)36)19-20-10-13-23(39-3)18-29(20)40-4/h5-18H,19H2,1-4H3. The number of carbonyl (C=O) groups is 1. The molecule has 0 radical (unpaired) electrons. The van der Waals surface area contributed by atoms with Crippen LogP contribution in [0.25, 0.3) is 0 Å². The van der Waals surface area contributed by atoms with Crippen LogP contribution in [-0.2, 0) is 26.8 Å². The van der Waals surface area contributed by atoms with Crippen LogP contribution in [0.2, 0.25) is 10.0 Å². The molecule has 0 aliphatic carbocycles. The highest BCUT2D eigenvalue weighted by molar-refractivity contribution is 7.92. The molecule has 0 spiro atoms. The third kappa shape index (κ3) is 4.90. The largest absolute Gasteiger partial charge is 0.497 e. The van der Waals surface area contributed by atoms with Crippen molar-refractivity contribution < 1.29 is 22.7 Å². The molecule has 1 aliphatic heterocycles. The Kier molecular flexibility index (Phi) is 7.68. The summed E-state index contributed by atoms with van der Waals surface area (Å²) in [6, 6.07) is 23.8. The molecule has 0 saturated heterocycles. The van der Waals surface area contributed by atoms with Crippen molar-refractivity contribution in [3.63, 3.8) is 0 Å². The number of methoxy groups -OCH3 is 2. The quantitative estimate of drug-likeness (QED) is 0.222. The Hall–Kier alpha value is -3.72. The topological polar surface area (TPSA) is 76.2 Å². The van der Waals surface area contributed by atoms with Crippen LogP contribution in [0, 0.1) is 0 Å². The van der Waals surface area contributed by atoms with E-state index < -0.39 is 15.4 Å². The zero-order chi connectivity index (χ0) is 29.5. The fourth-order valence-electron chi connectivity index (χ4n) is 5.19. The number of fused-ring (bicyclic) bond motifs is 1. The SMILES string of the molecule is COc1ccc(CN2C(=O)C(C)(c3cc(N(C)S(=O)(=O)c4ccccc4)ccc3Cl)c3cc(Cl)ccc32)c(OC)c1. The Morgan fingerprint density at radius 3 is 2.29 bits per heavy atom. The second-order valence-corrected chi connectivity index (χ2v) is 12.6. The molecule has 4 aromatic carbocycles. The maximum Gasteiger partial charge on any atom is 0.264 e. The zero-order valence-corrected chi connectivity index (χ0v) is 25.2. The van der Waals surface area contributed by atoms with Gasteiger partial charge in [0.15, 0.2) is 0 Å². The molecule has 10 heteroatoms. The average Bonchev–Trinajstić information content (AvgIpc) is 3.19. The predicted molar refractivity (Wildman–Crippen MR) is 162 cm³/mol. The molecule has 0 fully saturated rings. The number of sulfonamides is 1. The fourth-order valence-corrected chi connectivity index (χ4v) is 6.88. The smallest absolute Gasteiger partial charge is 0.264 e. The fraction of sp³-hybridized carbons (Fsp3) is 0.194. The molecule has 212 valence electrons. The highest BCUT2D eigenvalue weighted by atomic mass is 35.5. The van der Waals surface area contributed by atoms with E-state index in [2.05, 4.69) is 0 Å². The summed E-state index contributed by atoms with van der Waals surface area (Å²) < 4.78 is 38.8. The van der Waals surface area contributed by atoms with Gasteiger partial charge in [0, 0.05) is 34.4 Å². The highest BCUT2D eigenvalue weighted by Crippen LogP contribution is 2.50. The summed E-state index contributed by atoms with van der Waals surface area (Å²) in [6.45, 7) is 2.00. The van der Waals surface area contributed by atoms with Gasteiger partial charge in [0.2, 0.25) is 5.91 Å². The summed E-state index contributed by atoms with van der Waals surface area (Å²) in [5.41, 5.74) is 1.68. The van der Waals surface area contributed by atoms with Gasteiger partial charge in [0.25, 0.3) is 10.0 Å². The van der Waals surface area contributed by atoms with Crippen molar-refractivity contribution in [1.82, 2.24) is 0 Å². The minimum atomic E-state index is -3.86. The lowest BCUT2D eigenvalue weighted by atomic mass is 9.77. The van der Waals surface area contributed by atoms with Gasteiger partial charge < -0.3 is 14.4 Å². The first-order chi connectivity index (χ1) is 19.5. The van der Waals surface area contributed by atoms with Crippen molar-refractivity contribution in [3.8, 4) is 11.5 Å². The number of benzene rings is 4. The van der Waals surface area contributed by atoms with Crippen LogP contribution in [0.3, 0.4) is 0 Å². The Bertz CT molecular complexity index is 1750. The van der Waals surface area contributed by atoms with Crippen molar-refractivity contribution in [1.29, 1.82) is 0 Å². The molecule has 4 aromatic rings. The van der Waals surface area contributed by atoms with E-state index in [9.17, 15) is 13.2 Å². The number of hydrogen-bond donors (Lipinski definition) is 0. The van der Waals surface area contributed by atoms with Crippen LogP contribution in [0.5, 0.6) is 11.5 Å². The number of carbonyl (C=O) groups excluding carboxylic acids is 1. The summed E-state index contributed by atoms with van der Waals surface area (Å²) in [5, 5.41) is 0.785. The second kappa shape index (κ2) is 10.9. The number of amides is 1. The molecule has 0 saturated carbocycles. The van der Waals surface area contributed by atoms with Crippen molar-refractivity contribution in [2.75, 3.05) is 30.5 Å². The molecule has 0 aromatic heterocycles. The van der Waals surface area contributed by atoms with Crippen LogP contribution in [0.1, 0.15) is 23.6 Å². The lowest BCUT2D eigenvalue weighted by Crippen LogP contribution is -2.39. The van der Waals surface area contributed by atoms with Gasteiger partial charge in [-0.05, 0) is 78.7 Å². The molecule has 1 atom stereocenters. The number of halogens is 2. The summed E-state index contributed by atoms with van der Waals surface area (Å²) in [6.07, 6.45) is 0. The van der Waals surface area contributed by atoms with Crippen molar-refractivity contribution in [2.45, 2.75) is 23.8 Å². The normalized spacial score (nSPS) is 16.4. The highest BCUT2D eigenvalue weighted by Gasteiger charge is 2.50. The van der Waals surface area contributed by atoms with Gasteiger partial charge in [-0.15, -0.1) is 0 Å². The first-order valence-corrected chi connectivity index (χ1v) is 14.9. The van der Waals surface area contributed by atoms with Crippen LogP contribution in [0.15, 0.2) is 89.8 Å². The second-order valence-electron chi connectivity index (χ2n) is 9.81. The Morgan fingerprint density at radius 2 is 1.61 bits per heavy atom. The molecule has 5 rings (SSSR count). The van der Waals surface area contributed by atoms with Crippen molar-refractivity contribution >= 4 is 50.5 Å². The summed E-state index contributed by atoms with van der Waals surface area (Å²) in [5.74, 6) is 0.975. The molecule has 0 N–H and O–H groups in total. The van der Waals surface area contributed by atoms with E-state index in [4.69, 9.17) is 32.7 Å². The first kappa shape index (κ1) is 28.8. The number of hydrogen-bond acceptors (Lipinski definition) is 5. The Balaban J connectivity index is 1.61. The summed E-state index contributed by atoms with van der Waals surface area (Å²) >= 11 is 13.2. The van der Waals surface area contributed by atoms with Gasteiger partial charge in [0.05, 0.1) is 31.3 Å². The maximum atomic E-state index is 14.4. The lowest BCUT2D eigenvalue weighted by Gasteiger charge is -2.28. The van der Waals surface area contributed by atoms with Gasteiger partial charge in [-0.25, -0.2) is 8.42 Å². The first-order valence-electron chi connectivity index (χ1n) is 12.7. The van der Waals surface area contributed by atoms with Crippen molar-refractivity contribution in [2.24, 2.45) is 0 Å². The van der Waals surface area contributed by atoms with Gasteiger partial charge in [-0.1, -0.05) is 41.4 Å². The minimum Gasteiger partial charge on any atom is -0.497 e. The molecular weight excluding hydrogens is 583 g/mol. The summed E-state index contributed by atoms with van der Waals surface area (Å²) in [4.78, 5) is 16.2. The number of anilines is 2. The predicted octanol–water partition coefficient (Wildman–Crippen LogP) is 6.69. The van der Waals surface area contributed by atoms with E-state index in [-0.39, 0.29) is 17.3 Å². The number of ether oxygens (including phenoxy) is 2.